The van der Waals surface area contributed by atoms with Crippen LogP contribution in [0.5, 0.6) is 0 Å². The highest BCUT2D eigenvalue weighted by Gasteiger charge is 2.24. The number of nitro groups is 1. The van der Waals surface area contributed by atoms with Gasteiger partial charge in [-0.3, -0.25) is 4.79 Å². The zero-order valence-corrected chi connectivity index (χ0v) is 13.3. The van der Waals surface area contributed by atoms with Crippen LogP contribution in [0, 0.1) is 23.0 Å². The van der Waals surface area contributed by atoms with E-state index in [1.807, 2.05) is 0 Å². The topological polar surface area (TPSA) is 120 Å². The quantitative estimate of drug-likeness (QED) is 0.482. The number of rotatable bonds is 6. The molecule has 0 saturated heterocycles. The van der Waals surface area contributed by atoms with Crippen molar-refractivity contribution in [3.63, 3.8) is 0 Å². The molecule has 0 aliphatic carbocycles. The van der Waals surface area contributed by atoms with Gasteiger partial charge < -0.3 is 10.1 Å². The van der Waals surface area contributed by atoms with Crippen molar-refractivity contribution in [2.75, 3.05) is 0 Å². The second-order valence-corrected chi connectivity index (χ2v) is 4.96. The molecule has 0 bridgehead atoms. The Labute approximate surface area is 136 Å². The number of nitrogens with zero attached hydrogens (tertiary/aromatic N) is 6. The van der Waals surface area contributed by atoms with Crippen LogP contribution >= 0.6 is 0 Å². The highest BCUT2D eigenvalue weighted by Crippen LogP contribution is 2.16. The molecule has 1 N–H and O–H groups in total. The lowest BCUT2D eigenvalue weighted by Gasteiger charge is -2.08. The van der Waals surface area contributed by atoms with E-state index in [0.717, 1.165) is 10.9 Å². The molecule has 0 aliphatic heterocycles. The third-order valence-corrected chi connectivity index (χ3v) is 3.32. The van der Waals surface area contributed by atoms with Gasteiger partial charge in [0.15, 0.2) is 6.04 Å². The highest BCUT2D eigenvalue weighted by molar-refractivity contribution is 5.83. The van der Waals surface area contributed by atoms with Crippen molar-refractivity contribution >= 4 is 17.9 Å². The second-order valence-electron chi connectivity index (χ2n) is 4.96. The lowest BCUT2D eigenvalue weighted by Crippen LogP contribution is -2.28. The maximum Gasteiger partial charge on any atom is 0.390 e. The monoisotopic (exact) mass is 337 g/mol. The summed E-state index contributed by atoms with van der Waals surface area (Å²) in [4.78, 5) is 22.1. The fourth-order valence-electron chi connectivity index (χ4n) is 2.01. The zero-order valence-electron chi connectivity index (χ0n) is 13.3. The number of carbonyl (C=O) groups excluding carboxylic acids is 1. The van der Waals surface area contributed by atoms with E-state index >= 15 is 0 Å². The minimum atomic E-state index is -0.820. The van der Waals surface area contributed by atoms with Crippen LogP contribution in [0.2, 0.25) is 0 Å². The third kappa shape index (κ3) is 3.45. The summed E-state index contributed by atoms with van der Waals surface area (Å²) in [5.74, 6) is -1.44. The molecule has 2 aromatic heterocycles. The molecule has 2 rings (SSSR count). The molecule has 1 amide bonds. The Kier molecular flexibility index (Phi) is 5.02. The van der Waals surface area contributed by atoms with Gasteiger partial charge in [0, 0.05) is 6.54 Å². The van der Waals surface area contributed by atoms with Crippen LogP contribution in [0.15, 0.2) is 17.4 Å². The van der Waals surface area contributed by atoms with Gasteiger partial charge in [-0.25, -0.2) is 10.1 Å². The van der Waals surface area contributed by atoms with E-state index in [9.17, 15) is 19.3 Å². The molecule has 1 atom stereocenters. The van der Waals surface area contributed by atoms with Crippen molar-refractivity contribution < 1.29 is 14.1 Å². The number of aryl methyl sites for hydroxylation is 2. The molecule has 1 unspecified atom stereocenters. The van der Waals surface area contributed by atoms with E-state index in [-0.39, 0.29) is 11.4 Å². The van der Waals surface area contributed by atoms with Gasteiger partial charge in [-0.05, 0) is 25.7 Å². The standard InChI is InChI=1S/C13H16FN7O3/c1-4-19-12(14)10(7-16-19)6-15-17-13(22)9(3)20-8(2)5-11(18-20)21(23)24/h5-7,9H,4H2,1-3H3,(H,17,22)/b15-6+. The minimum absolute atomic E-state index is 0.135. The molecule has 24 heavy (non-hydrogen) atoms. The van der Waals surface area contributed by atoms with Crippen LogP contribution in [-0.4, -0.2) is 36.6 Å². The van der Waals surface area contributed by atoms with Crippen LogP contribution < -0.4 is 5.43 Å². The molecular weight excluding hydrogens is 321 g/mol. The van der Waals surface area contributed by atoms with Crippen LogP contribution in [0.3, 0.4) is 0 Å². The van der Waals surface area contributed by atoms with E-state index in [1.165, 1.54) is 23.9 Å². The number of halogens is 1. The van der Waals surface area contributed by atoms with E-state index in [4.69, 9.17) is 0 Å². The Bertz CT molecular complexity index is 796. The molecule has 10 nitrogen and oxygen atoms in total. The first-order chi connectivity index (χ1) is 11.3. The van der Waals surface area contributed by atoms with Crippen LogP contribution in [-0.2, 0) is 11.3 Å². The summed E-state index contributed by atoms with van der Waals surface area (Å²) < 4.78 is 16.1. The number of amides is 1. The molecular formula is C13H16FN7O3. The Morgan fingerprint density at radius 1 is 1.62 bits per heavy atom. The maximum absolute atomic E-state index is 13.7. The predicted molar refractivity (Wildman–Crippen MR) is 81.9 cm³/mol. The Hall–Kier alpha value is -3.11. The number of hydrazone groups is 1. The van der Waals surface area contributed by atoms with Gasteiger partial charge in [0.2, 0.25) is 5.95 Å². The first-order valence-corrected chi connectivity index (χ1v) is 7.09. The molecule has 0 fully saturated rings. The molecule has 2 heterocycles. The summed E-state index contributed by atoms with van der Waals surface area (Å²) >= 11 is 0. The molecule has 2 aromatic rings. The van der Waals surface area contributed by atoms with Gasteiger partial charge in [-0.1, -0.05) is 0 Å². The van der Waals surface area contributed by atoms with E-state index in [2.05, 4.69) is 20.7 Å². The third-order valence-electron chi connectivity index (χ3n) is 3.32. The Balaban J connectivity index is 2.05. The van der Waals surface area contributed by atoms with Crippen LogP contribution in [0.1, 0.15) is 31.1 Å². The van der Waals surface area contributed by atoms with Crippen molar-refractivity contribution in [2.24, 2.45) is 5.10 Å². The number of nitrogens with one attached hydrogen (secondary N) is 1. The van der Waals surface area contributed by atoms with Crippen molar-refractivity contribution in [3.8, 4) is 0 Å². The summed E-state index contributed by atoms with van der Waals surface area (Å²) in [6.45, 7) is 5.23. The van der Waals surface area contributed by atoms with E-state index in [0.29, 0.717) is 12.2 Å². The van der Waals surface area contributed by atoms with Crippen molar-refractivity contribution in [2.45, 2.75) is 33.4 Å². The fourth-order valence-corrected chi connectivity index (χ4v) is 2.01. The van der Waals surface area contributed by atoms with E-state index in [1.54, 1.807) is 13.8 Å². The van der Waals surface area contributed by atoms with Crippen molar-refractivity contribution in [1.82, 2.24) is 25.0 Å². The molecule has 0 spiro atoms. The van der Waals surface area contributed by atoms with Crippen LogP contribution in [0.25, 0.3) is 0 Å². The lowest BCUT2D eigenvalue weighted by molar-refractivity contribution is -0.389. The summed E-state index contributed by atoms with van der Waals surface area (Å²) in [5, 5.41) is 21.9. The largest absolute Gasteiger partial charge is 0.390 e. The maximum atomic E-state index is 13.7. The van der Waals surface area contributed by atoms with Gasteiger partial charge >= 0.3 is 5.82 Å². The Morgan fingerprint density at radius 2 is 2.33 bits per heavy atom. The molecule has 0 saturated carbocycles. The average Bonchev–Trinajstić information content (AvgIpc) is 3.10. The van der Waals surface area contributed by atoms with Gasteiger partial charge in [-0.2, -0.15) is 19.3 Å². The number of aromatic nitrogens is 4. The van der Waals surface area contributed by atoms with Crippen molar-refractivity contribution in [1.29, 1.82) is 0 Å². The number of carbonyl (C=O) groups is 1. The van der Waals surface area contributed by atoms with Gasteiger partial charge in [0.05, 0.1) is 34.8 Å². The number of hydrogen-bond acceptors (Lipinski definition) is 6. The molecule has 0 radical (unpaired) electrons. The predicted octanol–water partition coefficient (Wildman–Crippen LogP) is 1.17. The second kappa shape index (κ2) is 6.98. The van der Waals surface area contributed by atoms with Gasteiger partial charge in [0.1, 0.15) is 0 Å². The first kappa shape index (κ1) is 17.2. The highest BCUT2D eigenvalue weighted by atomic mass is 19.1. The molecule has 11 heteroatoms. The SMILES string of the molecule is CCn1ncc(/C=N/NC(=O)C(C)n2nc([N+](=O)[O-])cc2C)c1F. The smallest absolute Gasteiger partial charge is 0.358 e. The van der Waals surface area contributed by atoms with Gasteiger partial charge in [0.25, 0.3) is 5.91 Å². The summed E-state index contributed by atoms with van der Waals surface area (Å²) in [7, 11) is 0. The lowest BCUT2D eigenvalue weighted by atomic mass is 10.3. The summed E-state index contributed by atoms with van der Waals surface area (Å²) in [6, 6.07) is 0.445. The molecule has 0 aromatic carbocycles. The Morgan fingerprint density at radius 3 is 2.88 bits per heavy atom. The van der Waals surface area contributed by atoms with Crippen molar-refractivity contribution in [3.05, 3.63) is 39.6 Å². The molecule has 128 valence electrons. The fraction of sp³-hybridized carbons (Fsp3) is 0.385. The van der Waals surface area contributed by atoms with E-state index < -0.39 is 22.8 Å². The summed E-state index contributed by atoms with van der Waals surface area (Å²) in [5.41, 5.74) is 2.84. The molecule has 0 aliphatic rings. The van der Waals surface area contributed by atoms with Gasteiger partial charge in [-0.15, -0.1) is 0 Å². The van der Waals surface area contributed by atoms with Crippen LogP contribution in [0.4, 0.5) is 10.2 Å². The first-order valence-electron chi connectivity index (χ1n) is 7.09. The average molecular weight is 337 g/mol. The minimum Gasteiger partial charge on any atom is -0.358 e. The normalized spacial score (nSPS) is 12.5. The zero-order chi connectivity index (χ0) is 17.9. The number of hydrogen-bond donors (Lipinski definition) is 1. The summed E-state index contributed by atoms with van der Waals surface area (Å²) in [6.07, 6.45) is 2.43.